The largest absolute Gasteiger partial charge is 0.383 e. The van der Waals surface area contributed by atoms with Crippen LogP contribution < -0.4 is 10.6 Å². The van der Waals surface area contributed by atoms with Gasteiger partial charge in [-0.25, -0.2) is 4.99 Å². The summed E-state index contributed by atoms with van der Waals surface area (Å²) in [7, 11) is 5.96. The third-order valence-corrected chi connectivity index (χ3v) is 4.49. The van der Waals surface area contributed by atoms with E-state index >= 15 is 0 Å². The Labute approximate surface area is 162 Å². The Morgan fingerprint density at radius 1 is 1.30 bits per heavy atom. The molecule has 7 nitrogen and oxygen atoms in total. The molecule has 7 heteroatoms. The van der Waals surface area contributed by atoms with Gasteiger partial charge in [0.2, 0.25) is 0 Å². The maximum Gasteiger partial charge on any atom is 0.191 e. The first kappa shape index (κ1) is 20.9. The molecule has 1 heterocycles. The summed E-state index contributed by atoms with van der Waals surface area (Å²) in [4.78, 5) is 6.76. The Morgan fingerprint density at radius 2 is 2.00 bits per heavy atom. The Kier molecular flexibility index (Phi) is 7.38. The summed E-state index contributed by atoms with van der Waals surface area (Å²) in [6, 6.07) is 10.6. The van der Waals surface area contributed by atoms with Gasteiger partial charge in [-0.15, -0.1) is 0 Å². The maximum absolute atomic E-state index is 10.7. The van der Waals surface area contributed by atoms with Crippen molar-refractivity contribution in [2.75, 3.05) is 33.7 Å². The summed E-state index contributed by atoms with van der Waals surface area (Å²) < 4.78 is 1.68. The van der Waals surface area contributed by atoms with Gasteiger partial charge in [-0.1, -0.05) is 30.3 Å². The number of hydrogen-bond acceptors (Lipinski definition) is 4. The maximum atomic E-state index is 10.7. The van der Waals surface area contributed by atoms with Gasteiger partial charge in [-0.05, 0) is 33.5 Å². The molecular weight excluding hydrogens is 340 g/mol. The summed E-state index contributed by atoms with van der Waals surface area (Å²) in [5.41, 5.74) is 0.921. The van der Waals surface area contributed by atoms with Crippen LogP contribution in [-0.2, 0) is 12.6 Å². The number of nitrogens with one attached hydrogen (secondary N) is 2. The van der Waals surface area contributed by atoms with Crippen molar-refractivity contribution in [3.8, 4) is 0 Å². The number of aryl methyl sites for hydroxylation is 1. The van der Waals surface area contributed by atoms with E-state index in [-0.39, 0.29) is 12.6 Å². The molecule has 2 atom stereocenters. The molecule has 1 aromatic heterocycles. The van der Waals surface area contributed by atoms with Crippen LogP contribution in [0.5, 0.6) is 0 Å². The van der Waals surface area contributed by atoms with E-state index in [1.165, 1.54) is 5.56 Å². The van der Waals surface area contributed by atoms with E-state index in [4.69, 9.17) is 0 Å². The lowest BCUT2D eigenvalue weighted by atomic mass is 10.0. The molecule has 2 rings (SSSR count). The molecule has 0 spiro atoms. The molecule has 148 valence electrons. The van der Waals surface area contributed by atoms with Crippen molar-refractivity contribution in [1.82, 2.24) is 25.3 Å². The summed E-state index contributed by atoms with van der Waals surface area (Å²) >= 11 is 0. The number of guanidine groups is 1. The van der Waals surface area contributed by atoms with E-state index in [0.717, 1.165) is 12.1 Å². The quantitative estimate of drug-likeness (QED) is 0.483. The number of nitrogens with zero attached hydrogens (tertiary/aromatic N) is 4. The molecule has 27 heavy (non-hydrogen) atoms. The predicted octanol–water partition coefficient (Wildman–Crippen LogP) is 1.49. The average Bonchev–Trinajstić information content (AvgIpc) is 3.08. The van der Waals surface area contributed by atoms with Crippen molar-refractivity contribution in [2.24, 2.45) is 12.0 Å². The molecule has 0 aliphatic rings. The van der Waals surface area contributed by atoms with Crippen LogP contribution >= 0.6 is 0 Å². The van der Waals surface area contributed by atoms with Gasteiger partial charge >= 0.3 is 0 Å². The molecule has 0 fully saturated rings. The normalized spacial score (nSPS) is 15.4. The van der Waals surface area contributed by atoms with E-state index in [9.17, 15) is 5.11 Å². The molecule has 1 aromatic carbocycles. The predicted molar refractivity (Wildman–Crippen MR) is 110 cm³/mol. The second kappa shape index (κ2) is 9.53. The number of aliphatic hydroxyl groups is 1. The molecule has 0 saturated heterocycles. The molecule has 2 unspecified atom stereocenters. The second-order valence-corrected chi connectivity index (χ2v) is 7.14. The van der Waals surface area contributed by atoms with E-state index in [0.29, 0.717) is 12.5 Å². The van der Waals surface area contributed by atoms with Gasteiger partial charge in [0.05, 0.1) is 18.8 Å². The third-order valence-electron chi connectivity index (χ3n) is 4.49. The monoisotopic (exact) mass is 372 g/mol. The molecule has 0 bridgehead atoms. The van der Waals surface area contributed by atoms with Crippen molar-refractivity contribution in [2.45, 2.75) is 25.5 Å². The van der Waals surface area contributed by atoms with Crippen molar-refractivity contribution in [3.63, 3.8) is 0 Å². The van der Waals surface area contributed by atoms with Gasteiger partial charge in [0.25, 0.3) is 0 Å². The Bertz CT molecular complexity index is 723. The standard InChI is InChI=1S/C20H32N6O/c1-6-21-19(23-15-20(2,27)17-12-24-26(5)14-17)22-13-18(25(3)4)16-10-8-7-9-11-16/h7-12,14,18,27H,6,13,15H2,1-5H3,(H2,21,22,23). The fraction of sp³-hybridized carbons (Fsp3) is 0.500. The van der Waals surface area contributed by atoms with Crippen LogP contribution in [0.15, 0.2) is 47.7 Å². The van der Waals surface area contributed by atoms with Crippen molar-refractivity contribution >= 4 is 5.96 Å². The topological polar surface area (TPSA) is 77.7 Å². The van der Waals surface area contributed by atoms with Crippen LogP contribution in [0, 0.1) is 0 Å². The number of rotatable bonds is 8. The number of likely N-dealkylation sites (N-methyl/N-ethyl adjacent to an activating group) is 1. The molecule has 0 radical (unpaired) electrons. The molecular formula is C20H32N6O. The van der Waals surface area contributed by atoms with Crippen LogP contribution in [0.4, 0.5) is 0 Å². The lowest BCUT2D eigenvalue weighted by Gasteiger charge is -2.26. The van der Waals surface area contributed by atoms with Gasteiger partial charge in [0.15, 0.2) is 5.96 Å². The number of aliphatic imine (C=N–C) groups is 1. The molecule has 2 aromatic rings. The van der Waals surface area contributed by atoms with Crippen molar-refractivity contribution < 1.29 is 5.11 Å². The first-order chi connectivity index (χ1) is 12.8. The van der Waals surface area contributed by atoms with Gasteiger partial charge in [-0.2, -0.15) is 5.10 Å². The Morgan fingerprint density at radius 3 is 2.56 bits per heavy atom. The van der Waals surface area contributed by atoms with E-state index in [1.807, 2.05) is 26.2 Å². The first-order valence-corrected chi connectivity index (χ1v) is 9.28. The van der Waals surface area contributed by atoms with Crippen molar-refractivity contribution in [3.05, 3.63) is 53.9 Å². The number of hydrogen-bond donors (Lipinski definition) is 3. The minimum Gasteiger partial charge on any atom is -0.383 e. The highest BCUT2D eigenvalue weighted by atomic mass is 16.3. The highest BCUT2D eigenvalue weighted by Gasteiger charge is 2.24. The zero-order valence-electron chi connectivity index (χ0n) is 17.0. The molecule has 0 saturated carbocycles. The van der Waals surface area contributed by atoms with Crippen LogP contribution in [0.3, 0.4) is 0 Å². The zero-order valence-corrected chi connectivity index (χ0v) is 17.0. The van der Waals surface area contributed by atoms with Gasteiger partial charge in [0, 0.05) is 31.9 Å². The average molecular weight is 373 g/mol. The Balaban J connectivity index is 2.06. The van der Waals surface area contributed by atoms with E-state index in [1.54, 1.807) is 17.8 Å². The van der Waals surface area contributed by atoms with E-state index < -0.39 is 5.60 Å². The lowest BCUT2D eigenvalue weighted by Crippen LogP contribution is -2.42. The highest BCUT2D eigenvalue weighted by molar-refractivity contribution is 5.79. The second-order valence-electron chi connectivity index (χ2n) is 7.14. The molecule has 3 N–H and O–H groups in total. The highest BCUT2D eigenvalue weighted by Crippen LogP contribution is 2.20. The number of benzene rings is 1. The molecule has 0 aliphatic carbocycles. The van der Waals surface area contributed by atoms with Crippen LogP contribution in [-0.4, -0.2) is 59.5 Å². The fourth-order valence-electron chi connectivity index (χ4n) is 2.83. The Hall–Kier alpha value is -2.38. The van der Waals surface area contributed by atoms with Gasteiger partial charge in [0.1, 0.15) is 5.60 Å². The summed E-state index contributed by atoms with van der Waals surface area (Å²) in [6.07, 6.45) is 3.49. The minimum absolute atomic E-state index is 0.217. The van der Waals surface area contributed by atoms with E-state index in [2.05, 4.69) is 64.0 Å². The van der Waals surface area contributed by atoms with Gasteiger partial charge in [-0.3, -0.25) is 4.68 Å². The molecule has 0 amide bonds. The smallest absolute Gasteiger partial charge is 0.191 e. The van der Waals surface area contributed by atoms with Gasteiger partial charge < -0.3 is 20.6 Å². The SMILES string of the molecule is CCNC(=NCC(C)(O)c1cnn(C)c1)NCC(c1ccccc1)N(C)C. The van der Waals surface area contributed by atoms with Crippen molar-refractivity contribution in [1.29, 1.82) is 0 Å². The lowest BCUT2D eigenvalue weighted by molar-refractivity contribution is 0.0671. The summed E-state index contributed by atoms with van der Waals surface area (Å²) in [5, 5.41) is 21.5. The van der Waals surface area contributed by atoms with Crippen LogP contribution in [0.1, 0.15) is 31.0 Å². The van der Waals surface area contributed by atoms with Crippen LogP contribution in [0.2, 0.25) is 0 Å². The number of aromatic nitrogens is 2. The minimum atomic E-state index is -1.07. The molecule has 0 aliphatic heterocycles. The first-order valence-electron chi connectivity index (χ1n) is 9.28. The summed E-state index contributed by atoms with van der Waals surface area (Å²) in [6.45, 7) is 5.48. The summed E-state index contributed by atoms with van der Waals surface area (Å²) in [5.74, 6) is 0.685. The fourth-order valence-corrected chi connectivity index (χ4v) is 2.83. The third kappa shape index (κ3) is 6.08. The van der Waals surface area contributed by atoms with Crippen LogP contribution in [0.25, 0.3) is 0 Å². The zero-order chi connectivity index (χ0) is 19.9.